The maximum absolute atomic E-state index is 12.0. The van der Waals surface area contributed by atoms with E-state index in [1.807, 2.05) is 32.9 Å². The van der Waals surface area contributed by atoms with E-state index in [0.717, 1.165) is 63.5 Å². The normalized spacial score (nSPS) is 24.7. The number of amides is 3. The van der Waals surface area contributed by atoms with Crippen molar-refractivity contribution >= 4 is 29.3 Å². The minimum atomic E-state index is -0.452. The van der Waals surface area contributed by atoms with Gasteiger partial charge in [0.1, 0.15) is 11.6 Å². The van der Waals surface area contributed by atoms with Gasteiger partial charge in [-0.2, -0.15) is 0 Å². The Morgan fingerprint density at radius 1 is 0.974 bits per heavy atom. The summed E-state index contributed by atoms with van der Waals surface area (Å²) < 4.78 is 5.38. The van der Waals surface area contributed by atoms with Crippen LogP contribution < -0.4 is 26.2 Å². The molecule has 39 heavy (non-hydrogen) atoms. The van der Waals surface area contributed by atoms with Crippen molar-refractivity contribution < 1.29 is 19.1 Å². The Bertz CT molecular complexity index is 961. The molecule has 3 fully saturated rings. The van der Waals surface area contributed by atoms with Gasteiger partial charge in [-0.3, -0.25) is 14.9 Å². The molecule has 1 aromatic rings. The van der Waals surface area contributed by atoms with Gasteiger partial charge in [0.15, 0.2) is 0 Å². The summed E-state index contributed by atoms with van der Waals surface area (Å²) in [5.74, 6) is 1.01. The summed E-state index contributed by atoms with van der Waals surface area (Å²) in [7, 11) is 0. The van der Waals surface area contributed by atoms with Crippen LogP contribution in [-0.4, -0.2) is 61.8 Å². The van der Waals surface area contributed by atoms with Crippen LogP contribution in [0.4, 0.5) is 16.2 Å². The van der Waals surface area contributed by atoms with Gasteiger partial charge >= 0.3 is 6.09 Å². The summed E-state index contributed by atoms with van der Waals surface area (Å²) >= 11 is 0. The number of alkyl carbamates (subject to hydrolysis) is 1. The molecule has 2 saturated heterocycles. The van der Waals surface area contributed by atoms with E-state index in [2.05, 4.69) is 38.3 Å². The molecule has 2 aliphatic heterocycles. The predicted molar refractivity (Wildman–Crippen MR) is 154 cm³/mol. The number of benzene rings is 1. The van der Waals surface area contributed by atoms with Gasteiger partial charge in [0.05, 0.1) is 0 Å². The second kappa shape index (κ2) is 13.5. The highest BCUT2D eigenvalue weighted by Gasteiger charge is 2.27. The minimum absolute atomic E-state index is 0.193. The van der Waals surface area contributed by atoms with E-state index in [-0.39, 0.29) is 30.0 Å². The summed E-state index contributed by atoms with van der Waals surface area (Å²) in [6, 6.07) is 8.17. The predicted octanol–water partition coefficient (Wildman–Crippen LogP) is 4.18. The number of anilines is 2. The summed E-state index contributed by atoms with van der Waals surface area (Å²) in [6.45, 7) is 9.95. The molecule has 0 bridgehead atoms. The highest BCUT2D eigenvalue weighted by Crippen LogP contribution is 2.27. The molecule has 216 valence electrons. The van der Waals surface area contributed by atoms with Gasteiger partial charge in [0.2, 0.25) is 11.8 Å². The first-order chi connectivity index (χ1) is 18.6. The van der Waals surface area contributed by atoms with Gasteiger partial charge in [-0.25, -0.2) is 4.79 Å². The molecule has 1 atom stereocenters. The maximum Gasteiger partial charge on any atom is 0.407 e. The number of ether oxygens (including phenoxy) is 1. The molecule has 3 aliphatic rings. The van der Waals surface area contributed by atoms with E-state index in [1.165, 1.54) is 24.9 Å². The summed E-state index contributed by atoms with van der Waals surface area (Å²) in [4.78, 5) is 37.8. The second-order valence-corrected chi connectivity index (χ2v) is 12.5. The third-order valence-corrected chi connectivity index (χ3v) is 8.16. The molecular formula is C30H47N5O4. The second-order valence-electron chi connectivity index (χ2n) is 12.5. The fraction of sp³-hybridized carbons (Fsp3) is 0.700. The van der Waals surface area contributed by atoms with Gasteiger partial charge < -0.3 is 25.6 Å². The number of nitrogens with one attached hydrogen (secondary N) is 4. The summed E-state index contributed by atoms with van der Waals surface area (Å²) in [5.41, 5.74) is 1.67. The van der Waals surface area contributed by atoms with Crippen molar-refractivity contribution in [2.45, 2.75) is 96.2 Å². The van der Waals surface area contributed by atoms with Crippen LogP contribution in [0.2, 0.25) is 0 Å². The Morgan fingerprint density at radius 3 is 2.31 bits per heavy atom. The molecule has 0 radical (unpaired) electrons. The molecule has 2 heterocycles. The van der Waals surface area contributed by atoms with E-state index < -0.39 is 5.60 Å². The zero-order chi connectivity index (χ0) is 27.8. The standard InChI is InChI=1S/C30H47N5O4/c1-30(2,3)39-29(38)33-24-6-4-22(5-7-24)20-31-17-14-21-15-18-35(19-16-21)25-10-8-23(9-11-25)32-26-12-13-27(36)34-28(26)37/h8-11,21-22,24,26,31-32H,4-7,12-20H2,1-3H3,(H,33,38)(H,34,36,37). The van der Waals surface area contributed by atoms with E-state index >= 15 is 0 Å². The van der Waals surface area contributed by atoms with Crippen molar-refractivity contribution in [1.82, 2.24) is 16.0 Å². The Labute approximate surface area is 233 Å². The van der Waals surface area contributed by atoms with Gasteiger partial charge in [-0.05, 0) is 121 Å². The highest BCUT2D eigenvalue weighted by atomic mass is 16.6. The largest absolute Gasteiger partial charge is 0.444 e. The van der Waals surface area contributed by atoms with E-state index in [1.54, 1.807) is 0 Å². The van der Waals surface area contributed by atoms with E-state index in [4.69, 9.17) is 4.74 Å². The molecule has 0 aromatic heterocycles. The quantitative estimate of drug-likeness (QED) is 0.274. The number of piperidine rings is 2. The molecule has 0 spiro atoms. The lowest BCUT2D eigenvalue weighted by Gasteiger charge is -2.34. The fourth-order valence-corrected chi connectivity index (χ4v) is 5.88. The van der Waals surface area contributed by atoms with Crippen LogP contribution in [0, 0.1) is 11.8 Å². The van der Waals surface area contributed by atoms with Crippen molar-refractivity contribution in [1.29, 1.82) is 0 Å². The van der Waals surface area contributed by atoms with Crippen LogP contribution in [0.15, 0.2) is 24.3 Å². The Kier molecular flexibility index (Phi) is 10.1. The van der Waals surface area contributed by atoms with Crippen molar-refractivity contribution in [2.75, 3.05) is 36.4 Å². The smallest absolute Gasteiger partial charge is 0.407 e. The van der Waals surface area contributed by atoms with Gasteiger partial charge in [0, 0.05) is 36.9 Å². The third kappa shape index (κ3) is 9.41. The topological polar surface area (TPSA) is 112 Å². The average Bonchev–Trinajstić information content (AvgIpc) is 2.89. The van der Waals surface area contributed by atoms with Crippen molar-refractivity contribution in [3.63, 3.8) is 0 Å². The zero-order valence-electron chi connectivity index (χ0n) is 23.9. The van der Waals surface area contributed by atoms with E-state index in [0.29, 0.717) is 18.8 Å². The molecule has 9 nitrogen and oxygen atoms in total. The average molecular weight is 542 g/mol. The van der Waals surface area contributed by atoms with Gasteiger partial charge in [0.25, 0.3) is 0 Å². The van der Waals surface area contributed by atoms with Crippen LogP contribution in [0.3, 0.4) is 0 Å². The van der Waals surface area contributed by atoms with Gasteiger partial charge in [-0.15, -0.1) is 0 Å². The molecule has 1 aliphatic carbocycles. The van der Waals surface area contributed by atoms with Gasteiger partial charge in [-0.1, -0.05) is 0 Å². The number of carbonyl (C=O) groups is 3. The Morgan fingerprint density at radius 2 is 1.67 bits per heavy atom. The zero-order valence-corrected chi connectivity index (χ0v) is 23.9. The highest BCUT2D eigenvalue weighted by molar-refractivity contribution is 6.01. The van der Waals surface area contributed by atoms with Crippen LogP contribution in [0.5, 0.6) is 0 Å². The molecule has 1 unspecified atom stereocenters. The maximum atomic E-state index is 12.0. The van der Waals surface area contributed by atoms with Crippen molar-refractivity contribution in [3.8, 4) is 0 Å². The monoisotopic (exact) mass is 541 g/mol. The Hall–Kier alpha value is -2.81. The number of hydrogen-bond acceptors (Lipinski definition) is 7. The van der Waals surface area contributed by atoms with Crippen LogP contribution >= 0.6 is 0 Å². The lowest BCUT2D eigenvalue weighted by Crippen LogP contribution is -2.47. The number of rotatable bonds is 9. The lowest BCUT2D eigenvalue weighted by atomic mass is 9.86. The molecule has 1 saturated carbocycles. The molecule has 4 rings (SSSR count). The van der Waals surface area contributed by atoms with Crippen LogP contribution in [-0.2, 0) is 14.3 Å². The first kappa shape index (κ1) is 29.2. The lowest BCUT2D eigenvalue weighted by molar-refractivity contribution is -0.133. The molecular weight excluding hydrogens is 494 g/mol. The van der Waals surface area contributed by atoms with Crippen LogP contribution in [0.25, 0.3) is 0 Å². The minimum Gasteiger partial charge on any atom is -0.444 e. The number of carbonyl (C=O) groups excluding carboxylic acids is 3. The van der Waals surface area contributed by atoms with Crippen molar-refractivity contribution in [2.24, 2.45) is 11.8 Å². The molecule has 4 N–H and O–H groups in total. The summed E-state index contributed by atoms with van der Waals surface area (Å²) in [6.07, 6.45) is 8.59. The number of hydrogen-bond donors (Lipinski definition) is 4. The third-order valence-electron chi connectivity index (χ3n) is 8.16. The molecule has 9 heteroatoms. The van der Waals surface area contributed by atoms with Crippen molar-refractivity contribution in [3.05, 3.63) is 24.3 Å². The first-order valence-electron chi connectivity index (χ1n) is 14.8. The van der Waals surface area contributed by atoms with E-state index in [9.17, 15) is 14.4 Å². The fourth-order valence-electron chi connectivity index (χ4n) is 5.88. The SMILES string of the molecule is CC(C)(C)OC(=O)NC1CCC(CNCCC2CCN(c3ccc(NC4CCC(=O)NC4=O)cc3)CC2)CC1. The Balaban J connectivity index is 1.07. The number of imide groups is 1. The summed E-state index contributed by atoms with van der Waals surface area (Å²) in [5, 5.41) is 12.4. The number of nitrogens with zero attached hydrogens (tertiary/aromatic N) is 1. The molecule has 1 aromatic carbocycles. The first-order valence-corrected chi connectivity index (χ1v) is 14.8. The van der Waals surface area contributed by atoms with Crippen LogP contribution in [0.1, 0.15) is 78.6 Å². The molecule has 3 amide bonds.